The van der Waals surface area contributed by atoms with E-state index in [9.17, 15) is 0 Å². The average molecular weight is 247 g/mol. The summed E-state index contributed by atoms with van der Waals surface area (Å²) in [4.78, 5) is 0. The van der Waals surface area contributed by atoms with Gasteiger partial charge in [0.05, 0.1) is 0 Å². The van der Waals surface area contributed by atoms with Crippen molar-refractivity contribution in [2.24, 2.45) is 0 Å². The standard InChI is InChI=1S/C3H15ClO3Si4/c1-9-6-11(4,5-8)7-10(2)3/h10H,9H2,1-3,8H3. The average Bonchev–Trinajstić information content (AvgIpc) is 1.87. The summed E-state index contributed by atoms with van der Waals surface area (Å²) < 4.78 is 16.0. The maximum Gasteiger partial charge on any atom is 0.580 e. The van der Waals surface area contributed by atoms with E-state index in [1.165, 1.54) is 0 Å². The summed E-state index contributed by atoms with van der Waals surface area (Å²) in [5.41, 5.74) is 0. The van der Waals surface area contributed by atoms with Crippen molar-refractivity contribution in [2.45, 2.75) is 19.6 Å². The van der Waals surface area contributed by atoms with E-state index in [1.807, 2.05) is 6.55 Å². The summed E-state index contributed by atoms with van der Waals surface area (Å²) >= 11 is 6.00. The molecule has 0 aromatic rings. The molecule has 1 atom stereocenters. The third kappa shape index (κ3) is 5.30. The Morgan fingerprint density at radius 1 is 1.55 bits per heavy atom. The van der Waals surface area contributed by atoms with Gasteiger partial charge in [0.2, 0.25) is 0 Å². The van der Waals surface area contributed by atoms with Crippen molar-refractivity contribution in [1.29, 1.82) is 0 Å². The van der Waals surface area contributed by atoms with Crippen LogP contribution in [0, 0.1) is 0 Å². The van der Waals surface area contributed by atoms with Crippen molar-refractivity contribution in [3.05, 3.63) is 0 Å². The minimum Gasteiger partial charge on any atom is -0.414 e. The van der Waals surface area contributed by atoms with Crippen LogP contribution in [0.15, 0.2) is 0 Å². The fraction of sp³-hybridized carbons (Fsp3) is 1.00. The maximum absolute atomic E-state index is 6.00. The zero-order chi connectivity index (χ0) is 8.91. The van der Waals surface area contributed by atoms with E-state index in [4.69, 9.17) is 23.4 Å². The summed E-state index contributed by atoms with van der Waals surface area (Å²) in [6.45, 7) is 6.15. The van der Waals surface area contributed by atoms with Gasteiger partial charge in [-0.1, -0.05) is 17.6 Å². The Morgan fingerprint density at radius 2 is 2.09 bits per heavy atom. The van der Waals surface area contributed by atoms with Crippen LogP contribution in [0.2, 0.25) is 19.6 Å². The molecule has 0 aliphatic rings. The molecule has 8 heteroatoms. The van der Waals surface area contributed by atoms with Crippen LogP contribution in [-0.2, 0) is 12.3 Å². The third-order valence-electron chi connectivity index (χ3n) is 0.937. The van der Waals surface area contributed by atoms with Crippen molar-refractivity contribution in [3.63, 3.8) is 0 Å². The molecule has 0 saturated carbocycles. The van der Waals surface area contributed by atoms with Gasteiger partial charge in [0.1, 0.15) is 10.5 Å². The van der Waals surface area contributed by atoms with Crippen molar-refractivity contribution in [1.82, 2.24) is 0 Å². The number of halogens is 1. The number of rotatable bonds is 5. The zero-order valence-corrected chi connectivity index (χ0v) is 13.7. The molecule has 1 unspecified atom stereocenters. The normalized spacial score (nSPS) is 18.3. The fourth-order valence-electron chi connectivity index (χ4n) is 0.595. The van der Waals surface area contributed by atoms with E-state index in [2.05, 4.69) is 13.1 Å². The van der Waals surface area contributed by atoms with E-state index in [0.29, 0.717) is 10.5 Å². The largest absolute Gasteiger partial charge is 0.580 e. The fourth-order valence-corrected chi connectivity index (χ4v) is 10.5. The molecule has 0 aliphatic heterocycles. The Labute approximate surface area is 80.7 Å². The van der Waals surface area contributed by atoms with Gasteiger partial charge in [-0.25, -0.2) is 0 Å². The third-order valence-corrected chi connectivity index (χ3v) is 11.6. The molecule has 0 saturated heterocycles. The minimum absolute atomic E-state index is 0.520. The van der Waals surface area contributed by atoms with Gasteiger partial charge in [0.25, 0.3) is 0 Å². The van der Waals surface area contributed by atoms with E-state index in [-0.39, 0.29) is 0 Å². The summed E-state index contributed by atoms with van der Waals surface area (Å²) in [6, 6.07) is 0. The van der Waals surface area contributed by atoms with Gasteiger partial charge in [-0.2, -0.15) is 0 Å². The molecule has 0 N–H and O–H groups in total. The molecule has 0 rings (SSSR count). The van der Waals surface area contributed by atoms with Crippen LogP contribution < -0.4 is 0 Å². The van der Waals surface area contributed by atoms with Crippen molar-refractivity contribution in [2.75, 3.05) is 0 Å². The van der Waals surface area contributed by atoms with Crippen LogP contribution in [0.1, 0.15) is 0 Å². The van der Waals surface area contributed by atoms with Crippen LogP contribution >= 0.6 is 11.1 Å². The van der Waals surface area contributed by atoms with Crippen molar-refractivity contribution >= 4 is 48.5 Å². The lowest BCUT2D eigenvalue weighted by Crippen LogP contribution is -2.43. The molecule has 0 heterocycles. The van der Waals surface area contributed by atoms with E-state index < -0.39 is 26.9 Å². The Hall–Kier alpha value is 1.04. The van der Waals surface area contributed by atoms with Crippen molar-refractivity contribution < 1.29 is 12.3 Å². The van der Waals surface area contributed by atoms with E-state index in [0.717, 1.165) is 0 Å². The lowest BCUT2D eigenvalue weighted by atomic mass is 11.9. The van der Waals surface area contributed by atoms with Gasteiger partial charge < -0.3 is 12.3 Å². The van der Waals surface area contributed by atoms with Crippen LogP contribution in [0.4, 0.5) is 0 Å². The second-order valence-corrected chi connectivity index (χ2v) is 11.0. The summed E-state index contributed by atoms with van der Waals surface area (Å²) in [6.07, 6.45) is 0. The Balaban J connectivity index is 3.87. The predicted octanol–water partition coefficient (Wildman–Crippen LogP) is -0.894. The molecular formula is C3H15ClO3Si4. The molecule has 0 amide bonds. The second-order valence-electron chi connectivity index (χ2n) is 2.29. The van der Waals surface area contributed by atoms with E-state index in [1.54, 1.807) is 0 Å². The van der Waals surface area contributed by atoms with E-state index >= 15 is 0 Å². The summed E-state index contributed by atoms with van der Waals surface area (Å²) in [5, 5.41) is 0. The smallest absolute Gasteiger partial charge is 0.414 e. The molecule has 0 radical (unpaired) electrons. The highest BCUT2D eigenvalue weighted by Crippen LogP contribution is 2.13. The SMILES string of the molecule is C[SiH2]O[Si](Cl)(O[SiH3])O[SiH](C)C. The molecular weight excluding hydrogens is 232 g/mol. The Bertz CT molecular complexity index is 115. The van der Waals surface area contributed by atoms with Gasteiger partial charge in [-0.05, 0) is 13.1 Å². The molecule has 11 heavy (non-hydrogen) atoms. The molecule has 0 fully saturated rings. The maximum atomic E-state index is 6.00. The van der Waals surface area contributed by atoms with Gasteiger partial charge in [-0.3, -0.25) is 0 Å². The Kier molecular flexibility index (Phi) is 6.18. The molecule has 0 bridgehead atoms. The zero-order valence-electron chi connectivity index (χ0n) is 7.39. The highest BCUT2D eigenvalue weighted by Gasteiger charge is 2.37. The second kappa shape index (κ2) is 5.64. The number of hydrogen-bond donors (Lipinski definition) is 0. The van der Waals surface area contributed by atoms with Crippen LogP contribution in [0.5, 0.6) is 0 Å². The molecule has 68 valence electrons. The van der Waals surface area contributed by atoms with Gasteiger partial charge in [-0.15, -0.1) is 0 Å². The highest BCUT2D eigenvalue weighted by atomic mass is 35.6. The highest BCUT2D eigenvalue weighted by molar-refractivity contribution is 7.13. The molecule has 3 nitrogen and oxygen atoms in total. The number of hydrogen-bond acceptors (Lipinski definition) is 3. The summed E-state index contributed by atoms with van der Waals surface area (Å²) in [7, 11) is -3.68. The molecule has 0 aliphatic carbocycles. The van der Waals surface area contributed by atoms with Gasteiger partial charge in [0.15, 0.2) is 18.8 Å². The monoisotopic (exact) mass is 246 g/mol. The Morgan fingerprint density at radius 3 is 2.36 bits per heavy atom. The first-order valence-corrected chi connectivity index (χ1v) is 11.9. The van der Waals surface area contributed by atoms with Crippen LogP contribution in [0.25, 0.3) is 0 Å². The first-order chi connectivity index (χ1) is 5.04. The van der Waals surface area contributed by atoms with Crippen molar-refractivity contribution in [3.8, 4) is 0 Å². The summed E-state index contributed by atoms with van der Waals surface area (Å²) in [5.74, 6) is 0. The van der Waals surface area contributed by atoms with Crippen LogP contribution in [0.3, 0.4) is 0 Å². The topological polar surface area (TPSA) is 27.7 Å². The van der Waals surface area contributed by atoms with Gasteiger partial charge in [0, 0.05) is 0 Å². The lowest BCUT2D eigenvalue weighted by molar-refractivity contribution is 0.316. The lowest BCUT2D eigenvalue weighted by Gasteiger charge is -2.23. The minimum atomic E-state index is -2.63. The van der Waals surface area contributed by atoms with Gasteiger partial charge >= 0.3 is 8.11 Å². The van der Waals surface area contributed by atoms with Crippen LogP contribution in [-0.4, -0.2) is 37.4 Å². The first kappa shape index (κ1) is 12.0. The first-order valence-electron chi connectivity index (χ1n) is 3.60. The molecule has 0 spiro atoms. The molecule has 0 aromatic carbocycles. The predicted molar refractivity (Wildman–Crippen MR) is 58.1 cm³/mol. The molecule has 0 aromatic heterocycles. The quantitative estimate of drug-likeness (QED) is 0.465.